The van der Waals surface area contributed by atoms with Crippen LogP contribution in [0.25, 0.3) is 0 Å². The molecule has 0 bridgehead atoms. The highest BCUT2D eigenvalue weighted by Crippen LogP contribution is 2.38. The van der Waals surface area contributed by atoms with Crippen LogP contribution >= 0.6 is 0 Å². The van der Waals surface area contributed by atoms with Crippen molar-refractivity contribution in [3.63, 3.8) is 0 Å². The molecule has 0 spiro atoms. The zero-order valence-electron chi connectivity index (χ0n) is 13.7. The minimum Gasteiger partial charge on any atom is -0.493 e. The number of hydrogen-bond donors (Lipinski definition) is 3. The molecule has 0 aromatic heterocycles. The predicted octanol–water partition coefficient (Wildman–Crippen LogP) is 2.33. The highest BCUT2D eigenvalue weighted by atomic mass is 16.5. The Kier molecular flexibility index (Phi) is 4.87. The summed E-state index contributed by atoms with van der Waals surface area (Å²) in [6.45, 7) is 0.122. The van der Waals surface area contributed by atoms with Crippen molar-refractivity contribution in [2.45, 2.75) is 12.5 Å². The van der Waals surface area contributed by atoms with E-state index < -0.39 is 18.0 Å². The smallest absolute Gasteiger partial charge is 0.303 e. The van der Waals surface area contributed by atoms with Gasteiger partial charge in [0, 0.05) is 22.7 Å². The summed E-state index contributed by atoms with van der Waals surface area (Å²) in [5.74, 6) is -1.45. The minimum atomic E-state index is -1.01. The van der Waals surface area contributed by atoms with Crippen LogP contribution in [-0.4, -0.2) is 28.7 Å². The lowest BCUT2D eigenvalue weighted by Gasteiger charge is -2.29. The molecule has 2 atom stereocenters. The molecule has 1 amide bonds. The van der Waals surface area contributed by atoms with E-state index in [2.05, 4.69) is 5.32 Å². The molecule has 132 valence electrons. The van der Waals surface area contributed by atoms with E-state index in [1.807, 2.05) is 6.07 Å². The number of carbonyl (C=O) groups excluding carboxylic acids is 1. The largest absolute Gasteiger partial charge is 0.493 e. The number of ether oxygens (including phenoxy) is 1. The number of nitrogens with one attached hydrogen (secondary N) is 1. The van der Waals surface area contributed by atoms with Crippen molar-refractivity contribution in [3.8, 4) is 11.8 Å². The Bertz CT molecular complexity index is 886. The Morgan fingerprint density at radius 2 is 1.96 bits per heavy atom. The Morgan fingerprint density at radius 1 is 1.23 bits per heavy atom. The van der Waals surface area contributed by atoms with Gasteiger partial charge in [0.2, 0.25) is 0 Å². The summed E-state index contributed by atoms with van der Waals surface area (Å²) < 4.78 is 5.51. The van der Waals surface area contributed by atoms with Crippen molar-refractivity contribution >= 4 is 17.6 Å². The van der Waals surface area contributed by atoms with Crippen molar-refractivity contribution in [2.24, 2.45) is 5.92 Å². The molecule has 1 aliphatic rings. The van der Waals surface area contributed by atoms with Crippen LogP contribution in [0, 0.1) is 17.2 Å². The van der Waals surface area contributed by atoms with E-state index in [0.29, 0.717) is 28.1 Å². The SMILES string of the molecule is N#Cc1ccc(C(=O)Nc2ccc3c(c2)C(O)C(CC(=O)O)CO3)cc1. The number of carboxylic acid groups (broad SMARTS) is 1. The van der Waals surface area contributed by atoms with Crippen molar-refractivity contribution in [2.75, 3.05) is 11.9 Å². The number of aliphatic hydroxyl groups is 1. The van der Waals surface area contributed by atoms with Gasteiger partial charge in [-0.2, -0.15) is 5.26 Å². The molecule has 2 aromatic carbocycles. The summed E-state index contributed by atoms with van der Waals surface area (Å²) in [4.78, 5) is 23.2. The lowest BCUT2D eigenvalue weighted by atomic mass is 9.90. The maximum Gasteiger partial charge on any atom is 0.303 e. The zero-order valence-corrected chi connectivity index (χ0v) is 13.7. The molecule has 0 radical (unpaired) electrons. The number of aliphatic carboxylic acids is 1. The quantitative estimate of drug-likeness (QED) is 0.777. The van der Waals surface area contributed by atoms with Crippen molar-refractivity contribution in [1.82, 2.24) is 0 Å². The molecule has 3 rings (SSSR count). The Labute approximate surface area is 149 Å². The fraction of sp³-hybridized carbons (Fsp3) is 0.211. The third kappa shape index (κ3) is 3.66. The van der Waals surface area contributed by atoms with Gasteiger partial charge < -0.3 is 20.3 Å². The summed E-state index contributed by atoms with van der Waals surface area (Å²) in [6, 6.07) is 13.0. The number of amides is 1. The molecule has 26 heavy (non-hydrogen) atoms. The Balaban J connectivity index is 1.78. The molecule has 7 nitrogen and oxygen atoms in total. The van der Waals surface area contributed by atoms with E-state index in [1.165, 1.54) is 0 Å². The molecule has 2 unspecified atom stereocenters. The number of nitriles is 1. The monoisotopic (exact) mass is 352 g/mol. The van der Waals surface area contributed by atoms with Crippen molar-refractivity contribution < 1.29 is 24.5 Å². The van der Waals surface area contributed by atoms with Crippen LogP contribution in [0.5, 0.6) is 5.75 Å². The normalized spacial score (nSPS) is 18.2. The van der Waals surface area contributed by atoms with Gasteiger partial charge in [-0.3, -0.25) is 9.59 Å². The van der Waals surface area contributed by atoms with Gasteiger partial charge in [-0.25, -0.2) is 0 Å². The maximum atomic E-state index is 12.3. The first-order valence-corrected chi connectivity index (χ1v) is 7.96. The van der Waals surface area contributed by atoms with Gasteiger partial charge in [-0.05, 0) is 42.5 Å². The summed E-state index contributed by atoms with van der Waals surface area (Å²) in [5.41, 5.74) is 1.75. The predicted molar refractivity (Wildman–Crippen MR) is 91.7 cm³/mol. The lowest BCUT2D eigenvalue weighted by molar-refractivity contribution is -0.140. The van der Waals surface area contributed by atoms with E-state index >= 15 is 0 Å². The second-order valence-corrected chi connectivity index (χ2v) is 6.01. The first kappa shape index (κ1) is 17.5. The van der Waals surface area contributed by atoms with Gasteiger partial charge >= 0.3 is 5.97 Å². The van der Waals surface area contributed by atoms with Crippen LogP contribution in [0.2, 0.25) is 0 Å². The van der Waals surface area contributed by atoms with Gasteiger partial charge in [0.15, 0.2) is 0 Å². The molecule has 7 heteroatoms. The van der Waals surface area contributed by atoms with Crippen LogP contribution in [-0.2, 0) is 4.79 Å². The number of nitrogens with zero attached hydrogens (tertiary/aromatic N) is 1. The van der Waals surface area contributed by atoms with E-state index in [0.717, 1.165) is 0 Å². The van der Waals surface area contributed by atoms with E-state index in [-0.39, 0.29) is 18.9 Å². The molecule has 0 saturated carbocycles. The topological polar surface area (TPSA) is 120 Å². The van der Waals surface area contributed by atoms with Crippen LogP contribution in [0.15, 0.2) is 42.5 Å². The van der Waals surface area contributed by atoms with Crippen molar-refractivity contribution in [1.29, 1.82) is 5.26 Å². The van der Waals surface area contributed by atoms with E-state index in [1.54, 1.807) is 42.5 Å². The highest BCUT2D eigenvalue weighted by molar-refractivity contribution is 6.04. The number of anilines is 1. The molecule has 2 aromatic rings. The third-order valence-corrected chi connectivity index (χ3v) is 4.20. The van der Waals surface area contributed by atoms with Crippen molar-refractivity contribution in [3.05, 3.63) is 59.2 Å². The zero-order chi connectivity index (χ0) is 18.7. The first-order valence-electron chi connectivity index (χ1n) is 7.96. The molecule has 0 fully saturated rings. The third-order valence-electron chi connectivity index (χ3n) is 4.20. The number of carboxylic acids is 1. The number of fused-ring (bicyclic) bond motifs is 1. The molecule has 0 aliphatic carbocycles. The second-order valence-electron chi connectivity index (χ2n) is 6.01. The number of hydrogen-bond acceptors (Lipinski definition) is 5. The van der Waals surface area contributed by atoms with E-state index in [9.17, 15) is 14.7 Å². The minimum absolute atomic E-state index is 0.122. The van der Waals surface area contributed by atoms with Crippen LogP contribution in [0.4, 0.5) is 5.69 Å². The summed E-state index contributed by atoms with van der Waals surface area (Å²) in [6.07, 6.45) is -1.19. The van der Waals surface area contributed by atoms with Gasteiger partial charge in [0.1, 0.15) is 5.75 Å². The van der Waals surface area contributed by atoms with Gasteiger partial charge in [-0.1, -0.05) is 0 Å². The van der Waals surface area contributed by atoms with Crippen LogP contribution in [0.3, 0.4) is 0 Å². The standard InChI is InChI=1S/C19H16N2O5/c20-9-11-1-3-12(4-2-11)19(25)21-14-5-6-16-15(8-14)18(24)13(10-26-16)7-17(22)23/h1-6,8,13,18,24H,7,10H2,(H,21,25)(H,22,23). The van der Waals surface area contributed by atoms with Gasteiger partial charge in [0.05, 0.1) is 30.8 Å². The number of rotatable bonds is 4. The Hall–Kier alpha value is -3.37. The maximum absolute atomic E-state index is 12.3. The average Bonchev–Trinajstić information content (AvgIpc) is 2.64. The summed E-state index contributed by atoms with van der Waals surface area (Å²) >= 11 is 0. The molecule has 0 saturated heterocycles. The molecule has 1 heterocycles. The molecule has 1 aliphatic heterocycles. The number of aliphatic hydroxyl groups excluding tert-OH is 1. The summed E-state index contributed by atoms with van der Waals surface area (Å²) in [5, 5.41) is 30.9. The van der Waals surface area contributed by atoms with E-state index in [4.69, 9.17) is 15.1 Å². The lowest BCUT2D eigenvalue weighted by Crippen LogP contribution is -2.28. The molecular formula is C19H16N2O5. The number of carbonyl (C=O) groups is 2. The average molecular weight is 352 g/mol. The molecular weight excluding hydrogens is 336 g/mol. The second kappa shape index (κ2) is 7.25. The van der Waals surface area contributed by atoms with Crippen LogP contribution in [0.1, 0.15) is 34.0 Å². The summed E-state index contributed by atoms with van der Waals surface area (Å²) in [7, 11) is 0. The van der Waals surface area contributed by atoms with Crippen LogP contribution < -0.4 is 10.1 Å². The Morgan fingerprint density at radius 3 is 2.62 bits per heavy atom. The number of benzene rings is 2. The first-order chi connectivity index (χ1) is 12.5. The fourth-order valence-electron chi connectivity index (χ4n) is 2.82. The fourth-order valence-corrected chi connectivity index (χ4v) is 2.82. The van der Waals surface area contributed by atoms with Gasteiger partial charge in [-0.15, -0.1) is 0 Å². The van der Waals surface area contributed by atoms with Gasteiger partial charge in [0.25, 0.3) is 5.91 Å². The highest BCUT2D eigenvalue weighted by Gasteiger charge is 2.31. The molecule has 3 N–H and O–H groups in total.